The van der Waals surface area contributed by atoms with Crippen molar-refractivity contribution in [1.29, 1.82) is 0 Å². The van der Waals surface area contributed by atoms with Gasteiger partial charge < -0.3 is 4.74 Å². The van der Waals surface area contributed by atoms with Crippen LogP contribution in [0.15, 0.2) is 20.9 Å². The minimum atomic E-state index is -5.86. The van der Waals surface area contributed by atoms with E-state index in [1.807, 2.05) is 4.98 Å². The van der Waals surface area contributed by atoms with E-state index >= 15 is 0 Å². The largest absolute Gasteiger partial charge is 0.523 e. The second-order valence-corrected chi connectivity index (χ2v) is 6.91. The lowest BCUT2D eigenvalue weighted by molar-refractivity contribution is -0.0618. The lowest BCUT2D eigenvalue weighted by atomic mass is 10.1. The van der Waals surface area contributed by atoms with Gasteiger partial charge in [0.1, 0.15) is 6.23 Å². The fourth-order valence-corrected chi connectivity index (χ4v) is 2.69. The number of nitrogens with one attached hydrogen (secondary N) is 1. The Balaban J connectivity index is 2.24. The summed E-state index contributed by atoms with van der Waals surface area (Å²) < 4.78 is 69.0. The Hall–Kier alpha value is -2.35. The van der Waals surface area contributed by atoms with Crippen LogP contribution >= 0.6 is 0 Å². The van der Waals surface area contributed by atoms with Gasteiger partial charge in [0, 0.05) is 23.1 Å². The summed E-state index contributed by atoms with van der Waals surface area (Å²) in [7, 11) is -5.86. The maximum Gasteiger partial charge on any atom is 0.523 e. The number of azide groups is 1. The number of aromatic nitrogens is 2. The first-order valence-electron chi connectivity index (χ1n) is 6.93. The van der Waals surface area contributed by atoms with E-state index in [1.54, 1.807) is 0 Å². The van der Waals surface area contributed by atoms with E-state index in [1.165, 1.54) is 6.92 Å². The predicted molar refractivity (Wildman–Crippen MR) is 78.4 cm³/mol. The number of hydrogen-bond donors (Lipinski definition) is 1. The van der Waals surface area contributed by atoms with E-state index in [0.29, 0.717) is 0 Å². The molecular formula is C11H12F3N5O6S. The lowest BCUT2D eigenvalue weighted by Crippen LogP contribution is -2.34. The van der Waals surface area contributed by atoms with Crippen molar-refractivity contribution >= 4 is 10.1 Å². The second-order valence-electron chi connectivity index (χ2n) is 5.30. The Bertz CT molecular complexity index is 948. The molecule has 0 aliphatic carbocycles. The van der Waals surface area contributed by atoms with Crippen molar-refractivity contribution in [2.24, 2.45) is 5.11 Å². The van der Waals surface area contributed by atoms with Crippen LogP contribution in [0.2, 0.25) is 0 Å². The molecule has 144 valence electrons. The van der Waals surface area contributed by atoms with Crippen LogP contribution in [0.1, 0.15) is 18.2 Å². The van der Waals surface area contributed by atoms with Crippen molar-refractivity contribution in [3.8, 4) is 0 Å². The molecule has 0 bridgehead atoms. The van der Waals surface area contributed by atoms with Crippen LogP contribution in [0.3, 0.4) is 0 Å². The number of alkyl halides is 3. The van der Waals surface area contributed by atoms with Gasteiger partial charge in [0.15, 0.2) is 0 Å². The maximum atomic E-state index is 12.3. The van der Waals surface area contributed by atoms with Gasteiger partial charge in [-0.1, -0.05) is 5.11 Å². The van der Waals surface area contributed by atoms with Gasteiger partial charge in [-0.2, -0.15) is 21.6 Å². The van der Waals surface area contributed by atoms with Crippen LogP contribution in [-0.2, 0) is 19.0 Å². The molecule has 1 aliphatic rings. The van der Waals surface area contributed by atoms with Crippen molar-refractivity contribution in [3.63, 3.8) is 0 Å². The first-order chi connectivity index (χ1) is 12.0. The van der Waals surface area contributed by atoms with Crippen LogP contribution < -0.4 is 11.2 Å². The molecule has 0 spiro atoms. The van der Waals surface area contributed by atoms with Crippen LogP contribution in [0.5, 0.6) is 0 Å². The number of aromatic amines is 1. The number of rotatable bonds is 5. The van der Waals surface area contributed by atoms with E-state index in [4.69, 9.17) is 10.3 Å². The van der Waals surface area contributed by atoms with Crippen LogP contribution in [0.25, 0.3) is 10.4 Å². The molecule has 1 fully saturated rings. The van der Waals surface area contributed by atoms with E-state index in [9.17, 15) is 31.2 Å². The molecule has 2 rings (SSSR count). The smallest absolute Gasteiger partial charge is 0.352 e. The molecular weight excluding hydrogens is 387 g/mol. The minimum absolute atomic E-state index is 0.143. The molecule has 1 saturated heterocycles. The molecule has 26 heavy (non-hydrogen) atoms. The van der Waals surface area contributed by atoms with Gasteiger partial charge in [-0.25, -0.2) is 4.79 Å². The fourth-order valence-electron chi connectivity index (χ4n) is 2.25. The summed E-state index contributed by atoms with van der Waals surface area (Å²) in [5.74, 6) is 0. The van der Waals surface area contributed by atoms with E-state index in [2.05, 4.69) is 14.2 Å². The second kappa shape index (κ2) is 7.11. The van der Waals surface area contributed by atoms with Crippen molar-refractivity contribution in [1.82, 2.24) is 9.55 Å². The zero-order valence-electron chi connectivity index (χ0n) is 13.0. The summed E-state index contributed by atoms with van der Waals surface area (Å²) in [4.78, 5) is 27.8. The zero-order chi connectivity index (χ0) is 19.7. The van der Waals surface area contributed by atoms with Gasteiger partial charge in [0.2, 0.25) is 0 Å². The Morgan fingerprint density at radius 1 is 1.50 bits per heavy atom. The molecule has 1 aromatic rings. The summed E-state index contributed by atoms with van der Waals surface area (Å²) in [6.07, 6.45) is -1.44. The standard InChI is InChI=1S/C11H12F3N5O6S/c1-5-3-19(10(21)16-9(5)20)8-2-6(17-18-15)7(25-8)4-24-26(22,23)11(12,13)14/h3,6-8H,2,4H2,1H3,(H,16,20,21)/t6?,7-,8-/m1/s1. The molecule has 1 aliphatic heterocycles. The predicted octanol–water partition coefficient (Wildman–Crippen LogP) is 0.678. The summed E-state index contributed by atoms with van der Waals surface area (Å²) >= 11 is 0. The Morgan fingerprint density at radius 2 is 2.15 bits per heavy atom. The SMILES string of the molecule is Cc1cn([C@H]2CC(N=[N+]=[N-])[C@@H](COS(=O)(=O)C(F)(F)F)O2)c(=O)[nH]c1=O. The highest BCUT2D eigenvalue weighted by Crippen LogP contribution is 2.32. The molecule has 1 unspecified atom stereocenters. The number of H-pyrrole nitrogens is 1. The van der Waals surface area contributed by atoms with Crippen LogP contribution in [0, 0.1) is 6.92 Å². The van der Waals surface area contributed by atoms with Gasteiger partial charge in [-0.15, -0.1) is 0 Å². The summed E-state index contributed by atoms with van der Waals surface area (Å²) in [5, 5.41) is 3.33. The first-order valence-corrected chi connectivity index (χ1v) is 8.34. The third-order valence-electron chi connectivity index (χ3n) is 3.53. The van der Waals surface area contributed by atoms with E-state index < -0.39 is 51.9 Å². The van der Waals surface area contributed by atoms with Gasteiger partial charge in [0.05, 0.1) is 18.8 Å². The lowest BCUT2D eigenvalue weighted by Gasteiger charge is -2.17. The fraction of sp³-hybridized carbons (Fsp3) is 0.636. The number of nitrogens with zero attached hydrogens (tertiary/aromatic N) is 4. The Labute approximate surface area is 143 Å². The molecule has 0 saturated carbocycles. The first kappa shape index (κ1) is 20.0. The molecule has 0 aromatic carbocycles. The summed E-state index contributed by atoms with van der Waals surface area (Å²) in [5.41, 5.74) is 1.60. The average molecular weight is 399 g/mol. The van der Waals surface area contributed by atoms with Crippen molar-refractivity contribution in [2.45, 2.75) is 37.2 Å². The van der Waals surface area contributed by atoms with Gasteiger partial charge in [-0.3, -0.25) is 18.5 Å². The van der Waals surface area contributed by atoms with Crippen molar-refractivity contribution < 1.29 is 30.5 Å². The number of aryl methyl sites for hydroxylation is 1. The molecule has 1 aromatic heterocycles. The normalized spacial score (nSPS) is 23.6. The topological polar surface area (TPSA) is 156 Å². The zero-order valence-corrected chi connectivity index (χ0v) is 13.8. The van der Waals surface area contributed by atoms with Crippen molar-refractivity contribution in [3.05, 3.63) is 43.0 Å². The number of ether oxygens (including phenoxy) is 1. The molecule has 0 amide bonds. The third kappa shape index (κ3) is 4.07. The quantitative estimate of drug-likeness (QED) is 0.252. The summed E-state index contributed by atoms with van der Waals surface area (Å²) in [6.45, 7) is 0.338. The van der Waals surface area contributed by atoms with Crippen molar-refractivity contribution in [2.75, 3.05) is 6.61 Å². The van der Waals surface area contributed by atoms with E-state index in [0.717, 1.165) is 10.8 Å². The van der Waals surface area contributed by atoms with Gasteiger partial charge in [-0.05, 0) is 12.5 Å². The molecule has 2 heterocycles. The van der Waals surface area contributed by atoms with Crippen LogP contribution in [-0.4, -0.2) is 42.2 Å². The Morgan fingerprint density at radius 3 is 2.73 bits per heavy atom. The summed E-state index contributed by atoms with van der Waals surface area (Å²) in [6, 6.07) is -1.09. The van der Waals surface area contributed by atoms with E-state index in [-0.39, 0.29) is 12.0 Å². The third-order valence-corrected chi connectivity index (χ3v) is 4.54. The van der Waals surface area contributed by atoms with Gasteiger partial charge >= 0.3 is 21.3 Å². The highest BCUT2D eigenvalue weighted by Gasteiger charge is 2.48. The minimum Gasteiger partial charge on any atom is -0.352 e. The number of hydrogen-bond acceptors (Lipinski definition) is 7. The highest BCUT2D eigenvalue weighted by molar-refractivity contribution is 7.87. The monoisotopic (exact) mass is 399 g/mol. The Kier molecular flexibility index (Phi) is 5.46. The molecule has 11 nitrogen and oxygen atoms in total. The molecule has 0 radical (unpaired) electrons. The molecule has 3 atom stereocenters. The maximum absolute atomic E-state index is 12.3. The molecule has 15 heteroatoms. The molecule has 1 N–H and O–H groups in total. The van der Waals surface area contributed by atoms with Crippen LogP contribution in [0.4, 0.5) is 13.2 Å². The highest BCUT2D eigenvalue weighted by atomic mass is 32.2. The number of halogens is 3. The van der Waals surface area contributed by atoms with Gasteiger partial charge in [0.25, 0.3) is 5.56 Å². The average Bonchev–Trinajstić information content (AvgIpc) is 2.91.